The number of rotatable bonds is 3. The van der Waals surface area contributed by atoms with E-state index in [1.165, 1.54) is 0 Å². The number of ketones is 1. The van der Waals surface area contributed by atoms with Gasteiger partial charge in [0.2, 0.25) is 0 Å². The number of hydrogen-bond donors (Lipinski definition) is 0. The van der Waals surface area contributed by atoms with E-state index in [0.717, 1.165) is 28.9 Å². The van der Waals surface area contributed by atoms with Gasteiger partial charge in [0.05, 0.1) is 5.02 Å². The molecule has 1 aliphatic rings. The normalized spacial score (nSPS) is 13.4. The van der Waals surface area contributed by atoms with Crippen LogP contribution in [0.5, 0.6) is 5.75 Å². The van der Waals surface area contributed by atoms with Gasteiger partial charge in [-0.2, -0.15) is 0 Å². The minimum Gasteiger partial charge on any atom is -0.489 e. The van der Waals surface area contributed by atoms with E-state index in [-0.39, 0.29) is 5.78 Å². The summed E-state index contributed by atoms with van der Waals surface area (Å²) in [5.74, 6) is 0.971. The van der Waals surface area contributed by atoms with Crippen molar-refractivity contribution in [3.05, 3.63) is 58.4 Å². The number of Topliss-reactive ketones (excluding diaryl/α,β-unsaturated/α-hetero) is 1. The predicted molar refractivity (Wildman–Crippen MR) is 72.7 cm³/mol. The number of pyridine rings is 1. The van der Waals surface area contributed by atoms with Gasteiger partial charge in [0.15, 0.2) is 5.78 Å². The van der Waals surface area contributed by atoms with Crippen molar-refractivity contribution in [2.75, 3.05) is 0 Å². The molecule has 3 nitrogen and oxygen atoms in total. The standard InChI is InChI=1S/C15H12ClNO2/c16-13-8-17-7-6-10(13)9-19-15-3-1-2-11-12(15)4-5-14(11)18/h1-3,6-8H,4-5,9H2. The zero-order valence-electron chi connectivity index (χ0n) is 10.2. The Labute approximate surface area is 116 Å². The Bertz CT molecular complexity index is 640. The first kappa shape index (κ1) is 12.2. The number of carbonyl (C=O) groups is 1. The Morgan fingerprint density at radius 3 is 3.00 bits per heavy atom. The van der Waals surface area contributed by atoms with Crippen LogP contribution in [0.4, 0.5) is 0 Å². The van der Waals surface area contributed by atoms with Crippen LogP contribution in [0.3, 0.4) is 0 Å². The van der Waals surface area contributed by atoms with Crippen molar-refractivity contribution in [1.29, 1.82) is 0 Å². The summed E-state index contributed by atoms with van der Waals surface area (Å²) in [5, 5.41) is 0.589. The Morgan fingerprint density at radius 2 is 2.16 bits per heavy atom. The Hall–Kier alpha value is -1.87. The van der Waals surface area contributed by atoms with E-state index in [9.17, 15) is 4.79 Å². The number of fused-ring (bicyclic) bond motifs is 1. The summed E-state index contributed by atoms with van der Waals surface area (Å²) in [5.41, 5.74) is 2.69. The third kappa shape index (κ3) is 2.34. The molecule has 0 aliphatic heterocycles. The van der Waals surface area contributed by atoms with Crippen LogP contribution in [0, 0.1) is 0 Å². The van der Waals surface area contributed by atoms with Gasteiger partial charge in [0.25, 0.3) is 0 Å². The maximum atomic E-state index is 11.7. The van der Waals surface area contributed by atoms with Gasteiger partial charge in [-0.05, 0) is 18.6 Å². The van der Waals surface area contributed by atoms with Crippen molar-refractivity contribution in [3.63, 3.8) is 0 Å². The fourth-order valence-corrected chi connectivity index (χ4v) is 2.44. The van der Waals surface area contributed by atoms with Crippen LogP contribution in [0.2, 0.25) is 5.02 Å². The van der Waals surface area contributed by atoms with E-state index in [1.807, 2.05) is 24.3 Å². The number of hydrogen-bond acceptors (Lipinski definition) is 3. The van der Waals surface area contributed by atoms with Gasteiger partial charge in [0, 0.05) is 35.5 Å². The largest absolute Gasteiger partial charge is 0.489 e. The third-order valence-corrected chi connectivity index (χ3v) is 3.62. The zero-order valence-corrected chi connectivity index (χ0v) is 11.0. The summed E-state index contributed by atoms with van der Waals surface area (Å²) >= 11 is 6.03. The molecular formula is C15H12ClNO2. The summed E-state index contributed by atoms with van der Waals surface area (Å²) in [7, 11) is 0. The molecule has 96 valence electrons. The van der Waals surface area contributed by atoms with E-state index in [2.05, 4.69) is 4.98 Å². The molecule has 0 radical (unpaired) electrons. The van der Waals surface area contributed by atoms with Crippen molar-refractivity contribution in [2.45, 2.75) is 19.4 Å². The van der Waals surface area contributed by atoms with E-state index in [0.29, 0.717) is 18.1 Å². The first-order valence-electron chi connectivity index (χ1n) is 6.12. The molecule has 19 heavy (non-hydrogen) atoms. The number of aromatic nitrogens is 1. The lowest BCUT2D eigenvalue weighted by molar-refractivity contribution is 0.0994. The molecule has 1 heterocycles. The average molecular weight is 274 g/mol. The Kier molecular flexibility index (Phi) is 3.22. The van der Waals surface area contributed by atoms with Gasteiger partial charge in [-0.3, -0.25) is 9.78 Å². The molecule has 0 saturated heterocycles. The molecule has 1 aliphatic carbocycles. The Balaban J connectivity index is 1.82. The fourth-order valence-electron chi connectivity index (χ4n) is 2.27. The number of halogens is 1. The smallest absolute Gasteiger partial charge is 0.163 e. The lowest BCUT2D eigenvalue weighted by atomic mass is 10.1. The first-order valence-corrected chi connectivity index (χ1v) is 6.50. The predicted octanol–water partition coefficient (Wildman–Crippen LogP) is 3.44. The number of ether oxygens (including phenoxy) is 1. The minimum absolute atomic E-state index is 0.197. The van der Waals surface area contributed by atoms with Gasteiger partial charge in [-0.1, -0.05) is 23.7 Å². The molecule has 0 amide bonds. The topological polar surface area (TPSA) is 39.2 Å². The molecule has 0 atom stereocenters. The van der Waals surface area contributed by atoms with E-state index in [4.69, 9.17) is 16.3 Å². The second-order valence-electron chi connectivity index (χ2n) is 4.46. The highest BCUT2D eigenvalue weighted by Gasteiger charge is 2.22. The van der Waals surface area contributed by atoms with Gasteiger partial charge >= 0.3 is 0 Å². The highest BCUT2D eigenvalue weighted by molar-refractivity contribution is 6.31. The maximum Gasteiger partial charge on any atom is 0.163 e. The monoisotopic (exact) mass is 273 g/mol. The van der Waals surface area contributed by atoms with Gasteiger partial charge < -0.3 is 4.74 Å². The lowest BCUT2D eigenvalue weighted by Crippen LogP contribution is -2.00. The maximum absolute atomic E-state index is 11.7. The number of carbonyl (C=O) groups excluding carboxylic acids is 1. The van der Waals surface area contributed by atoms with E-state index >= 15 is 0 Å². The van der Waals surface area contributed by atoms with Crippen LogP contribution >= 0.6 is 11.6 Å². The van der Waals surface area contributed by atoms with Gasteiger partial charge in [-0.15, -0.1) is 0 Å². The zero-order chi connectivity index (χ0) is 13.2. The second kappa shape index (κ2) is 5.02. The minimum atomic E-state index is 0.197. The van der Waals surface area contributed by atoms with Crippen LogP contribution in [-0.2, 0) is 13.0 Å². The second-order valence-corrected chi connectivity index (χ2v) is 4.87. The summed E-state index contributed by atoms with van der Waals surface area (Å²) < 4.78 is 5.80. The molecule has 0 saturated carbocycles. The van der Waals surface area contributed by atoms with Gasteiger partial charge in [-0.25, -0.2) is 0 Å². The van der Waals surface area contributed by atoms with Crippen molar-refractivity contribution in [1.82, 2.24) is 4.98 Å². The molecule has 0 fully saturated rings. The summed E-state index contributed by atoms with van der Waals surface area (Å²) in [6.45, 7) is 0.381. The first-order chi connectivity index (χ1) is 9.25. The van der Waals surface area contributed by atoms with Crippen LogP contribution in [0.25, 0.3) is 0 Å². The number of nitrogens with zero attached hydrogens (tertiary/aromatic N) is 1. The van der Waals surface area contributed by atoms with Gasteiger partial charge in [0.1, 0.15) is 12.4 Å². The van der Waals surface area contributed by atoms with Crippen LogP contribution in [-0.4, -0.2) is 10.8 Å². The molecule has 0 unspecified atom stereocenters. The molecule has 1 aromatic heterocycles. The Morgan fingerprint density at radius 1 is 1.26 bits per heavy atom. The summed E-state index contributed by atoms with van der Waals surface area (Å²) in [4.78, 5) is 15.6. The third-order valence-electron chi connectivity index (χ3n) is 3.28. The lowest BCUT2D eigenvalue weighted by Gasteiger charge is -2.11. The summed E-state index contributed by atoms with van der Waals surface area (Å²) in [6, 6.07) is 7.44. The summed E-state index contributed by atoms with van der Waals surface area (Å²) in [6.07, 6.45) is 4.61. The van der Waals surface area contributed by atoms with Crippen LogP contribution in [0.1, 0.15) is 27.9 Å². The molecule has 0 N–H and O–H groups in total. The molecular weight excluding hydrogens is 262 g/mol. The number of benzene rings is 1. The molecule has 1 aromatic carbocycles. The molecule has 0 spiro atoms. The van der Waals surface area contributed by atoms with E-state index in [1.54, 1.807) is 12.4 Å². The van der Waals surface area contributed by atoms with Crippen molar-refractivity contribution < 1.29 is 9.53 Å². The van der Waals surface area contributed by atoms with E-state index < -0.39 is 0 Å². The highest BCUT2D eigenvalue weighted by Crippen LogP contribution is 2.31. The quantitative estimate of drug-likeness (QED) is 0.860. The van der Waals surface area contributed by atoms with Crippen LogP contribution in [0.15, 0.2) is 36.7 Å². The van der Waals surface area contributed by atoms with Crippen molar-refractivity contribution >= 4 is 17.4 Å². The average Bonchev–Trinajstić information content (AvgIpc) is 2.81. The molecule has 0 bridgehead atoms. The molecule has 2 aromatic rings. The van der Waals surface area contributed by atoms with Crippen molar-refractivity contribution in [3.8, 4) is 5.75 Å². The molecule has 4 heteroatoms. The highest BCUT2D eigenvalue weighted by atomic mass is 35.5. The SMILES string of the molecule is O=C1CCc2c(OCc3ccncc3Cl)cccc21. The van der Waals surface area contributed by atoms with Crippen molar-refractivity contribution in [2.24, 2.45) is 0 Å². The fraction of sp³-hybridized carbons (Fsp3) is 0.200. The van der Waals surface area contributed by atoms with Crippen LogP contribution < -0.4 is 4.74 Å². The molecule has 3 rings (SSSR count).